The second-order valence-electron chi connectivity index (χ2n) is 7.27. The Kier molecular flexibility index (Phi) is 8.70. The molecule has 1 aromatic carbocycles. The van der Waals surface area contributed by atoms with Crippen molar-refractivity contribution >= 4 is 34.8 Å². The number of thioether (sulfide) groups is 1. The van der Waals surface area contributed by atoms with Crippen LogP contribution in [0.2, 0.25) is 0 Å². The molecule has 0 aliphatic carbocycles. The smallest absolute Gasteiger partial charge is 0.173 e. The summed E-state index contributed by atoms with van der Waals surface area (Å²) >= 11 is 7.49. The van der Waals surface area contributed by atoms with Crippen molar-refractivity contribution < 1.29 is 4.42 Å². The number of likely N-dealkylation sites (tertiary alicyclic amines) is 1. The number of anilines is 1. The van der Waals surface area contributed by atoms with Gasteiger partial charge in [0.05, 0.1) is 12.8 Å². The van der Waals surface area contributed by atoms with Gasteiger partial charge in [-0.25, -0.2) is 0 Å². The van der Waals surface area contributed by atoms with Gasteiger partial charge in [-0.3, -0.25) is 0 Å². The molecule has 1 fully saturated rings. The Balaban J connectivity index is 1.57. The van der Waals surface area contributed by atoms with Crippen LogP contribution in [0.25, 0.3) is 0 Å². The minimum atomic E-state index is 0.695. The second kappa shape index (κ2) is 11.5. The molecule has 6 heteroatoms. The Labute approximate surface area is 178 Å². The number of hydrogen-bond acceptors (Lipinski definition) is 4. The summed E-state index contributed by atoms with van der Waals surface area (Å²) in [5.74, 6) is 0.941. The molecule has 0 bridgehead atoms. The minimum Gasteiger partial charge on any atom is -0.467 e. The van der Waals surface area contributed by atoms with Crippen LogP contribution in [0.15, 0.2) is 52.0 Å². The van der Waals surface area contributed by atoms with Gasteiger partial charge in [-0.05, 0) is 87.7 Å². The highest BCUT2D eigenvalue weighted by atomic mass is 32.2. The number of rotatable bonds is 8. The topological polar surface area (TPSA) is 31.6 Å². The summed E-state index contributed by atoms with van der Waals surface area (Å²) in [5, 5.41) is 4.17. The highest BCUT2D eigenvalue weighted by molar-refractivity contribution is 7.98. The molecular formula is C22H31N3OS2. The fraction of sp³-hybridized carbons (Fsp3) is 0.500. The Bertz CT molecular complexity index is 712. The van der Waals surface area contributed by atoms with E-state index in [9.17, 15) is 0 Å². The van der Waals surface area contributed by atoms with Gasteiger partial charge in [0.15, 0.2) is 5.11 Å². The summed E-state index contributed by atoms with van der Waals surface area (Å²) in [6.07, 6.45) is 10.3. The lowest BCUT2D eigenvalue weighted by Crippen LogP contribution is -2.37. The molecule has 3 rings (SSSR count). The molecule has 4 nitrogen and oxygen atoms in total. The third-order valence-corrected chi connectivity index (χ3v) is 6.22. The third kappa shape index (κ3) is 6.83. The molecular weight excluding hydrogens is 386 g/mol. The molecule has 0 atom stereocenters. The van der Waals surface area contributed by atoms with E-state index in [0.717, 1.165) is 36.1 Å². The fourth-order valence-corrected chi connectivity index (χ4v) is 4.32. The predicted molar refractivity (Wildman–Crippen MR) is 123 cm³/mol. The van der Waals surface area contributed by atoms with Crippen LogP contribution >= 0.6 is 24.0 Å². The highest BCUT2D eigenvalue weighted by Crippen LogP contribution is 2.20. The molecule has 1 aromatic heterocycles. The van der Waals surface area contributed by atoms with E-state index in [4.69, 9.17) is 16.6 Å². The SMILES string of the molecule is CSc1cccc(NC(=S)N(CCCN2CCCCCC2)Cc2ccco2)c1. The molecule has 2 heterocycles. The van der Waals surface area contributed by atoms with E-state index in [1.54, 1.807) is 18.0 Å². The molecule has 0 spiro atoms. The lowest BCUT2D eigenvalue weighted by Gasteiger charge is -2.27. The average Bonchev–Trinajstić information content (AvgIpc) is 3.09. The summed E-state index contributed by atoms with van der Waals surface area (Å²) < 4.78 is 5.57. The van der Waals surface area contributed by atoms with E-state index in [1.807, 2.05) is 12.1 Å². The number of thiocarbonyl (C=S) groups is 1. The average molecular weight is 418 g/mol. The van der Waals surface area contributed by atoms with Crippen LogP contribution in [0, 0.1) is 0 Å². The van der Waals surface area contributed by atoms with Gasteiger partial charge in [-0.2, -0.15) is 0 Å². The first-order chi connectivity index (χ1) is 13.7. The molecule has 152 valence electrons. The van der Waals surface area contributed by atoms with Crippen LogP contribution in [0.1, 0.15) is 37.9 Å². The van der Waals surface area contributed by atoms with Crippen LogP contribution in [0.4, 0.5) is 5.69 Å². The molecule has 0 unspecified atom stereocenters. The summed E-state index contributed by atoms with van der Waals surface area (Å²) in [6.45, 7) is 5.23. The molecule has 28 heavy (non-hydrogen) atoms. The summed E-state index contributed by atoms with van der Waals surface area (Å²) in [4.78, 5) is 6.06. The van der Waals surface area contributed by atoms with Gasteiger partial charge in [0, 0.05) is 17.1 Å². The standard InChI is InChI=1S/C22H31N3OS2/c1-28-21-11-6-9-19(17-21)23-22(27)25(18-20-10-7-16-26-20)15-8-14-24-12-4-2-3-5-13-24/h6-7,9-11,16-17H,2-5,8,12-15,18H2,1H3,(H,23,27). The molecule has 1 saturated heterocycles. The number of furan rings is 1. The largest absolute Gasteiger partial charge is 0.467 e. The van der Waals surface area contributed by atoms with Gasteiger partial charge in [-0.15, -0.1) is 11.8 Å². The van der Waals surface area contributed by atoms with Crippen molar-refractivity contribution in [1.82, 2.24) is 9.80 Å². The number of benzene rings is 1. The van der Waals surface area contributed by atoms with E-state index in [-0.39, 0.29) is 0 Å². The molecule has 0 radical (unpaired) electrons. The van der Waals surface area contributed by atoms with Crippen molar-refractivity contribution in [2.24, 2.45) is 0 Å². The lowest BCUT2D eigenvalue weighted by molar-refractivity contribution is 0.262. The maximum absolute atomic E-state index is 5.75. The van der Waals surface area contributed by atoms with Crippen molar-refractivity contribution in [3.05, 3.63) is 48.4 Å². The third-order valence-electron chi connectivity index (χ3n) is 5.14. The molecule has 1 N–H and O–H groups in total. The van der Waals surface area contributed by atoms with Gasteiger partial charge < -0.3 is 19.5 Å². The van der Waals surface area contributed by atoms with Gasteiger partial charge in [0.1, 0.15) is 5.76 Å². The van der Waals surface area contributed by atoms with Crippen LogP contribution < -0.4 is 5.32 Å². The van der Waals surface area contributed by atoms with Crippen LogP contribution in [0.5, 0.6) is 0 Å². The van der Waals surface area contributed by atoms with Crippen LogP contribution in [-0.2, 0) is 6.54 Å². The van der Waals surface area contributed by atoms with Gasteiger partial charge in [0.25, 0.3) is 0 Å². The normalized spacial score (nSPS) is 15.2. The second-order valence-corrected chi connectivity index (χ2v) is 8.54. The predicted octanol–water partition coefficient (Wildman–Crippen LogP) is 5.47. The lowest BCUT2D eigenvalue weighted by atomic mass is 10.2. The molecule has 0 saturated carbocycles. The van der Waals surface area contributed by atoms with Gasteiger partial charge >= 0.3 is 0 Å². The summed E-state index contributed by atoms with van der Waals surface area (Å²) in [7, 11) is 0. The Morgan fingerprint density at radius 2 is 2.00 bits per heavy atom. The van der Waals surface area contributed by atoms with Crippen LogP contribution in [0.3, 0.4) is 0 Å². The van der Waals surface area contributed by atoms with E-state index in [0.29, 0.717) is 6.54 Å². The zero-order valence-electron chi connectivity index (χ0n) is 16.7. The van der Waals surface area contributed by atoms with E-state index in [2.05, 4.69) is 45.6 Å². The van der Waals surface area contributed by atoms with Crippen molar-refractivity contribution in [2.75, 3.05) is 37.8 Å². The van der Waals surface area contributed by atoms with Crippen molar-refractivity contribution in [2.45, 2.75) is 43.5 Å². The number of nitrogens with one attached hydrogen (secondary N) is 1. The van der Waals surface area contributed by atoms with E-state index >= 15 is 0 Å². The summed E-state index contributed by atoms with van der Waals surface area (Å²) in [5.41, 5.74) is 1.04. The zero-order valence-corrected chi connectivity index (χ0v) is 18.4. The van der Waals surface area contributed by atoms with Crippen LogP contribution in [-0.4, -0.2) is 47.3 Å². The first-order valence-electron chi connectivity index (χ1n) is 10.2. The maximum Gasteiger partial charge on any atom is 0.173 e. The molecule has 0 amide bonds. The maximum atomic E-state index is 5.75. The molecule has 1 aliphatic rings. The minimum absolute atomic E-state index is 0.695. The quantitative estimate of drug-likeness (QED) is 0.453. The Morgan fingerprint density at radius 1 is 1.18 bits per heavy atom. The monoisotopic (exact) mass is 417 g/mol. The molecule has 1 aliphatic heterocycles. The van der Waals surface area contributed by atoms with Crippen molar-refractivity contribution in [1.29, 1.82) is 0 Å². The number of nitrogens with zero attached hydrogens (tertiary/aromatic N) is 2. The zero-order chi connectivity index (χ0) is 19.6. The van der Waals surface area contributed by atoms with Crippen molar-refractivity contribution in [3.8, 4) is 0 Å². The number of hydrogen-bond donors (Lipinski definition) is 1. The first kappa shape index (κ1) is 21.2. The Morgan fingerprint density at radius 3 is 2.71 bits per heavy atom. The van der Waals surface area contributed by atoms with Crippen molar-refractivity contribution in [3.63, 3.8) is 0 Å². The van der Waals surface area contributed by atoms with E-state index in [1.165, 1.54) is 43.7 Å². The highest BCUT2D eigenvalue weighted by Gasteiger charge is 2.14. The fourth-order valence-electron chi connectivity index (χ4n) is 3.59. The van der Waals surface area contributed by atoms with E-state index < -0.39 is 0 Å². The first-order valence-corrected chi connectivity index (χ1v) is 11.8. The van der Waals surface area contributed by atoms with Gasteiger partial charge in [0.2, 0.25) is 0 Å². The van der Waals surface area contributed by atoms with Gasteiger partial charge in [-0.1, -0.05) is 18.9 Å². The summed E-state index contributed by atoms with van der Waals surface area (Å²) in [6, 6.07) is 12.3. The Hall–Kier alpha value is -1.50. The molecule has 2 aromatic rings.